The molecule has 0 atom stereocenters. The van der Waals surface area contributed by atoms with Crippen LogP contribution < -0.4 is 5.01 Å². The van der Waals surface area contributed by atoms with Gasteiger partial charge in [0.25, 0.3) is 0 Å². The summed E-state index contributed by atoms with van der Waals surface area (Å²) in [7, 11) is 0. The molecule has 0 bridgehead atoms. The van der Waals surface area contributed by atoms with E-state index in [1.165, 1.54) is 28.2 Å². The lowest BCUT2D eigenvalue weighted by atomic mass is 10.1. The minimum atomic E-state index is -4.47. The number of benzene rings is 1. The van der Waals surface area contributed by atoms with Crippen molar-refractivity contribution in [2.45, 2.75) is 19.0 Å². The zero-order valence-corrected chi connectivity index (χ0v) is 10.7. The lowest BCUT2D eigenvalue weighted by Crippen LogP contribution is -2.41. The number of anilines is 1. The summed E-state index contributed by atoms with van der Waals surface area (Å²) in [5, 5.41) is 11.4. The molecule has 1 aliphatic heterocycles. The number of amides is 1. The molecule has 20 heavy (non-hydrogen) atoms. The molecule has 0 unspecified atom stereocenters. The second-order valence-electron chi connectivity index (χ2n) is 4.48. The van der Waals surface area contributed by atoms with Crippen molar-refractivity contribution in [2.24, 2.45) is 0 Å². The van der Waals surface area contributed by atoms with Crippen LogP contribution in [0.4, 0.5) is 18.9 Å². The Morgan fingerprint density at radius 1 is 1.25 bits per heavy atom. The number of hydrazine groups is 1. The highest BCUT2D eigenvalue weighted by molar-refractivity contribution is 5.82. The Morgan fingerprint density at radius 3 is 2.60 bits per heavy atom. The molecule has 0 aliphatic carbocycles. The third-order valence-electron chi connectivity index (χ3n) is 3.13. The summed E-state index contributed by atoms with van der Waals surface area (Å²) in [6, 6.07) is 5.19. The maximum atomic E-state index is 13.0. The van der Waals surface area contributed by atoms with Gasteiger partial charge in [-0.1, -0.05) is 12.1 Å². The van der Waals surface area contributed by atoms with Crippen LogP contribution in [0.3, 0.4) is 0 Å². The topological polar surface area (TPSA) is 43.8 Å². The normalized spacial score (nSPS) is 16.1. The van der Waals surface area contributed by atoms with Crippen molar-refractivity contribution >= 4 is 11.6 Å². The van der Waals surface area contributed by atoms with Crippen LogP contribution in [0.5, 0.6) is 0 Å². The van der Waals surface area contributed by atoms with Gasteiger partial charge in [0.15, 0.2) is 0 Å². The molecule has 1 N–H and O–H groups in total. The van der Waals surface area contributed by atoms with Crippen LogP contribution in [0.15, 0.2) is 24.3 Å². The predicted octanol–water partition coefficient (Wildman–Crippen LogP) is 2.04. The molecule has 1 saturated heterocycles. The maximum Gasteiger partial charge on any atom is 0.418 e. The van der Waals surface area contributed by atoms with Crippen LogP contribution in [0.25, 0.3) is 0 Å². The molecule has 0 spiro atoms. The maximum absolute atomic E-state index is 13.0. The van der Waals surface area contributed by atoms with E-state index in [9.17, 15) is 18.0 Å². The van der Waals surface area contributed by atoms with Gasteiger partial charge in [-0.2, -0.15) is 13.2 Å². The Bertz CT molecular complexity index is 491. The first-order valence-electron chi connectivity index (χ1n) is 6.30. The van der Waals surface area contributed by atoms with Crippen LogP contribution in [-0.4, -0.2) is 35.7 Å². The summed E-state index contributed by atoms with van der Waals surface area (Å²) in [6.07, 6.45) is -3.96. The number of nitrogens with zero attached hydrogens (tertiary/aromatic N) is 2. The average molecular weight is 288 g/mol. The predicted molar refractivity (Wildman–Crippen MR) is 66.8 cm³/mol. The number of aliphatic hydroxyl groups is 1. The fourth-order valence-corrected chi connectivity index (χ4v) is 2.24. The molecule has 1 fully saturated rings. The summed E-state index contributed by atoms with van der Waals surface area (Å²) in [4.78, 5) is 11.7. The van der Waals surface area contributed by atoms with Crippen molar-refractivity contribution in [3.05, 3.63) is 29.8 Å². The van der Waals surface area contributed by atoms with E-state index >= 15 is 0 Å². The summed E-state index contributed by atoms with van der Waals surface area (Å²) in [6.45, 7) is 0.317. The van der Waals surface area contributed by atoms with E-state index in [1.807, 2.05) is 0 Å². The van der Waals surface area contributed by atoms with Crippen LogP contribution in [0.2, 0.25) is 0 Å². The highest BCUT2D eigenvalue weighted by Gasteiger charge is 2.38. The van der Waals surface area contributed by atoms with Crippen LogP contribution >= 0.6 is 0 Å². The Kier molecular flexibility index (Phi) is 4.17. The highest BCUT2D eigenvalue weighted by atomic mass is 19.4. The standard InChI is InChI=1S/C13H15F3N2O2/c14-13(15,16)10-4-1-2-5-11(10)17-8-6-12(20)18(17)7-3-9-19/h1-2,4-5,19H,3,6-9H2. The number of carbonyl (C=O) groups is 1. The third-order valence-corrected chi connectivity index (χ3v) is 3.13. The van der Waals surface area contributed by atoms with Crippen molar-refractivity contribution < 1.29 is 23.1 Å². The van der Waals surface area contributed by atoms with Gasteiger partial charge in [0.05, 0.1) is 11.3 Å². The first-order valence-corrected chi connectivity index (χ1v) is 6.30. The number of hydrogen-bond acceptors (Lipinski definition) is 3. The van der Waals surface area contributed by atoms with E-state index in [0.717, 1.165) is 6.07 Å². The first-order chi connectivity index (χ1) is 9.45. The highest BCUT2D eigenvalue weighted by Crippen LogP contribution is 2.38. The van der Waals surface area contributed by atoms with Gasteiger partial charge in [-0.15, -0.1) is 0 Å². The monoisotopic (exact) mass is 288 g/mol. The molecule has 0 saturated carbocycles. The van der Waals surface area contributed by atoms with Gasteiger partial charge >= 0.3 is 6.18 Å². The molecular weight excluding hydrogens is 273 g/mol. The Morgan fingerprint density at radius 2 is 1.95 bits per heavy atom. The molecule has 1 amide bonds. The van der Waals surface area contributed by atoms with Gasteiger partial charge in [0.2, 0.25) is 5.91 Å². The molecule has 1 aromatic carbocycles. The zero-order valence-electron chi connectivity index (χ0n) is 10.7. The third kappa shape index (κ3) is 2.87. The molecule has 1 aliphatic rings. The lowest BCUT2D eigenvalue weighted by molar-refractivity contribution is -0.138. The number of para-hydroxylation sites is 1. The molecule has 110 valence electrons. The van der Waals surface area contributed by atoms with Gasteiger partial charge in [-0.3, -0.25) is 14.8 Å². The van der Waals surface area contributed by atoms with E-state index in [2.05, 4.69) is 0 Å². The van der Waals surface area contributed by atoms with Gasteiger partial charge in [-0.25, -0.2) is 0 Å². The van der Waals surface area contributed by atoms with E-state index in [-0.39, 0.29) is 37.7 Å². The van der Waals surface area contributed by atoms with Gasteiger partial charge < -0.3 is 5.11 Å². The number of rotatable bonds is 4. The van der Waals surface area contributed by atoms with Crippen LogP contribution in [0, 0.1) is 0 Å². The summed E-state index contributed by atoms with van der Waals surface area (Å²) in [5.41, 5.74) is -0.785. The molecular formula is C13H15F3N2O2. The first kappa shape index (κ1) is 14.6. The zero-order chi connectivity index (χ0) is 14.8. The fraction of sp³-hybridized carbons (Fsp3) is 0.462. The fourth-order valence-electron chi connectivity index (χ4n) is 2.24. The molecule has 4 nitrogen and oxygen atoms in total. The molecule has 0 radical (unpaired) electrons. The van der Waals surface area contributed by atoms with E-state index in [1.54, 1.807) is 0 Å². The second-order valence-corrected chi connectivity index (χ2v) is 4.48. The number of alkyl halides is 3. The van der Waals surface area contributed by atoms with Crippen molar-refractivity contribution in [2.75, 3.05) is 24.7 Å². The van der Waals surface area contributed by atoms with Crippen molar-refractivity contribution in [1.82, 2.24) is 5.01 Å². The Hall–Kier alpha value is -1.76. The number of carbonyl (C=O) groups excluding carboxylic acids is 1. The number of aliphatic hydroxyl groups excluding tert-OH is 1. The Balaban J connectivity index is 2.33. The molecule has 1 aromatic rings. The summed E-state index contributed by atoms with van der Waals surface area (Å²) in [5.74, 6) is -0.226. The average Bonchev–Trinajstić information content (AvgIpc) is 2.76. The second kappa shape index (κ2) is 5.70. The van der Waals surface area contributed by atoms with Crippen molar-refractivity contribution in [3.8, 4) is 0 Å². The molecule has 7 heteroatoms. The summed E-state index contributed by atoms with van der Waals surface area (Å²) < 4.78 is 39.0. The minimum absolute atomic E-state index is 0.0243. The lowest BCUT2D eigenvalue weighted by Gasteiger charge is -2.31. The van der Waals surface area contributed by atoms with E-state index in [4.69, 9.17) is 5.11 Å². The molecule has 2 rings (SSSR count). The van der Waals surface area contributed by atoms with Crippen LogP contribution in [-0.2, 0) is 11.0 Å². The van der Waals surface area contributed by atoms with Crippen molar-refractivity contribution in [1.29, 1.82) is 0 Å². The molecule has 1 heterocycles. The largest absolute Gasteiger partial charge is 0.418 e. The summed E-state index contributed by atoms with van der Waals surface area (Å²) >= 11 is 0. The number of halogens is 3. The SMILES string of the molecule is O=C1CCN(c2ccccc2C(F)(F)F)N1CCCO. The quantitative estimate of drug-likeness (QED) is 0.922. The smallest absolute Gasteiger partial charge is 0.396 e. The van der Waals surface area contributed by atoms with Crippen LogP contribution in [0.1, 0.15) is 18.4 Å². The molecule has 0 aromatic heterocycles. The van der Waals surface area contributed by atoms with Crippen molar-refractivity contribution in [3.63, 3.8) is 0 Å². The Labute approximate surface area is 114 Å². The van der Waals surface area contributed by atoms with Gasteiger partial charge in [0.1, 0.15) is 0 Å². The van der Waals surface area contributed by atoms with Gasteiger partial charge in [-0.05, 0) is 18.6 Å². The minimum Gasteiger partial charge on any atom is -0.396 e. The number of hydrogen-bond donors (Lipinski definition) is 1. The van der Waals surface area contributed by atoms with E-state index in [0.29, 0.717) is 6.42 Å². The van der Waals surface area contributed by atoms with E-state index < -0.39 is 11.7 Å². The van der Waals surface area contributed by atoms with Gasteiger partial charge in [0, 0.05) is 26.1 Å².